The molecule has 0 bridgehead atoms. The van der Waals surface area contributed by atoms with Gasteiger partial charge < -0.3 is 10.5 Å². The van der Waals surface area contributed by atoms with Crippen molar-refractivity contribution in [2.24, 2.45) is 5.73 Å². The third kappa shape index (κ3) is 3.35. The SMILES string of the molecule is COc1ccc(Cl)c(CN2CCC[C@@H](N)C2)c1. The number of rotatable bonds is 3. The van der Waals surface area contributed by atoms with Gasteiger partial charge in [-0.25, -0.2) is 0 Å². The lowest BCUT2D eigenvalue weighted by atomic mass is 10.1. The highest BCUT2D eigenvalue weighted by Gasteiger charge is 2.17. The van der Waals surface area contributed by atoms with Crippen LogP contribution in [0.4, 0.5) is 0 Å². The van der Waals surface area contributed by atoms with E-state index in [-0.39, 0.29) is 0 Å². The highest BCUT2D eigenvalue weighted by molar-refractivity contribution is 6.31. The van der Waals surface area contributed by atoms with Crippen LogP contribution >= 0.6 is 11.6 Å². The normalized spacial score (nSPS) is 21.5. The maximum atomic E-state index is 6.20. The molecule has 0 aromatic heterocycles. The molecule has 2 rings (SSSR count). The molecular formula is C13H19ClN2O. The van der Waals surface area contributed by atoms with Gasteiger partial charge in [-0.1, -0.05) is 11.6 Å². The van der Waals surface area contributed by atoms with Gasteiger partial charge in [-0.3, -0.25) is 4.90 Å². The Morgan fingerprint density at radius 3 is 3.06 bits per heavy atom. The summed E-state index contributed by atoms with van der Waals surface area (Å²) >= 11 is 6.20. The van der Waals surface area contributed by atoms with E-state index in [1.54, 1.807) is 7.11 Å². The van der Waals surface area contributed by atoms with E-state index < -0.39 is 0 Å². The number of hydrogen-bond acceptors (Lipinski definition) is 3. The average Bonchev–Trinajstić information content (AvgIpc) is 2.32. The molecule has 1 aromatic carbocycles. The maximum Gasteiger partial charge on any atom is 0.119 e. The van der Waals surface area contributed by atoms with Gasteiger partial charge in [0.15, 0.2) is 0 Å². The fourth-order valence-corrected chi connectivity index (χ4v) is 2.45. The first-order valence-corrected chi connectivity index (χ1v) is 6.37. The summed E-state index contributed by atoms with van der Waals surface area (Å²) in [6.45, 7) is 2.90. The smallest absolute Gasteiger partial charge is 0.119 e. The summed E-state index contributed by atoms with van der Waals surface area (Å²) in [4.78, 5) is 2.36. The Morgan fingerprint density at radius 1 is 1.53 bits per heavy atom. The molecule has 0 saturated carbocycles. The summed E-state index contributed by atoms with van der Waals surface area (Å²) in [7, 11) is 1.67. The minimum absolute atomic E-state index is 0.299. The van der Waals surface area contributed by atoms with E-state index in [0.717, 1.165) is 42.4 Å². The van der Waals surface area contributed by atoms with E-state index in [1.807, 2.05) is 18.2 Å². The molecule has 1 aliphatic heterocycles. The number of likely N-dealkylation sites (tertiary alicyclic amines) is 1. The van der Waals surface area contributed by atoms with E-state index in [1.165, 1.54) is 6.42 Å². The van der Waals surface area contributed by atoms with Gasteiger partial charge in [0.05, 0.1) is 7.11 Å². The first kappa shape index (κ1) is 12.7. The molecule has 3 nitrogen and oxygen atoms in total. The molecule has 0 aliphatic carbocycles. The highest BCUT2D eigenvalue weighted by atomic mass is 35.5. The number of halogens is 1. The van der Waals surface area contributed by atoms with Crippen molar-refractivity contribution >= 4 is 11.6 Å². The average molecular weight is 255 g/mol. The summed E-state index contributed by atoms with van der Waals surface area (Å²) in [5.41, 5.74) is 7.08. The van der Waals surface area contributed by atoms with Crippen molar-refractivity contribution in [2.45, 2.75) is 25.4 Å². The van der Waals surface area contributed by atoms with Gasteiger partial charge in [-0.05, 0) is 43.1 Å². The molecule has 1 saturated heterocycles. The van der Waals surface area contributed by atoms with Gasteiger partial charge >= 0.3 is 0 Å². The lowest BCUT2D eigenvalue weighted by Crippen LogP contribution is -2.42. The monoisotopic (exact) mass is 254 g/mol. The topological polar surface area (TPSA) is 38.5 Å². The first-order valence-electron chi connectivity index (χ1n) is 5.99. The summed E-state index contributed by atoms with van der Waals surface area (Å²) in [6, 6.07) is 6.07. The molecule has 1 aromatic rings. The molecule has 2 N–H and O–H groups in total. The first-order chi connectivity index (χ1) is 8.19. The van der Waals surface area contributed by atoms with Crippen LogP contribution in [0.2, 0.25) is 5.02 Å². The zero-order valence-electron chi connectivity index (χ0n) is 10.2. The summed E-state index contributed by atoms with van der Waals surface area (Å²) in [5.74, 6) is 0.853. The van der Waals surface area contributed by atoms with Crippen LogP contribution in [0.5, 0.6) is 5.75 Å². The second-order valence-corrected chi connectivity index (χ2v) is 5.00. The third-order valence-corrected chi connectivity index (χ3v) is 3.56. The van der Waals surface area contributed by atoms with Crippen LogP contribution in [0.1, 0.15) is 18.4 Å². The summed E-state index contributed by atoms with van der Waals surface area (Å²) in [5, 5.41) is 0.796. The van der Waals surface area contributed by atoms with Crippen LogP contribution in [0.15, 0.2) is 18.2 Å². The van der Waals surface area contributed by atoms with Gasteiger partial charge in [0.25, 0.3) is 0 Å². The van der Waals surface area contributed by atoms with Crippen LogP contribution in [0.25, 0.3) is 0 Å². The molecule has 0 radical (unpaired) electrons. The number of methoxy groups -OCH3 is 1. The van der Waals surface area contributed by atoms with E-state index in [9.17, 15) is 0 Å². The van der Waals surface area contributed by atoms with E-state index in [2.05, 4.69) is 4.90 Å². The Balaban J connectivity index is 2.06. The number of ether oxygens (including phenoxy) is 1. The van der Waals surface area contributed by atoms with Crippen LogP contribution in [-0.4, -0.2) is 31.1 Å². The van der Waals surface area contributed by atoms with E-state index >= 15 is 0 Å². The molecule has 1 fully saturated rings. The standard InChI is InChI=1S/C13H19ClN2O/c1-17-12-4-5-13(14)10(7-12)8-16-6-2-3-11(15)9-16/h4-5,7,11H,2-3,6,8-9,15H2,1H3/t11-/m1/s1. The lowest BCUT2D eigenvalue weighted by Gasteiger charge is -2.30. The fourth-order valence-electron chi connectivity index (χ4n) is 2.28. The third-order valence-electron chi connectivity index (χ3n) is 3.19. The second kappa shape index (κ2) is 5.71. The summed E-state index contributed by atoms with van der Waals surface area (Å²) in [6.07, 6.45) is 2.30. The van der Waals surface area contributed by atoms with Gasteiger partial charge in [-0.2, -0.15) is 0 Å². The predicted octanol–water partition coefficient (Wildman–Crippen LogP) is 2.27. The Kier molecular flexibility index (Phi) is 4.26. The van der Waals surface area contributed by atoms with Crippen molar-refractivity contribution in [2.75, 3.05) is 20.2 Å². The van der Waals surface area contributed by atoms with Gasteiger partial charge in [0.2, 0.25) is 0 Å². The minimum Gasteiger partial charge on any atom is -0.497 e. The Bertz CT molecular complexity index is 384. The zero-order valence-corrected chi connectivity index (χ0v) is 10.9. The second-order valence-electron chi connectivity index (χ2n) is 4.59. The molecule has 1 heterocycles. The zero-order chi connectivity index (χ0) is 12.3. The lowest BCUT2D eigenvalue weighted by molar-refractivity contribution is 0.201. The highest BCUT2D eigenvalue weighted by Crippen LogP contribution is 2.24. The number of hydrogen-bond donors (Lipinski definition) is 1. The molecule has 4 heteroatoms. The largest absolute Gasteiger partial charge is 0.497 e. The van der Waals surface area contributed by atoms with Crippen molar-refractivity contribution in [3.63, 3.8) is 0 Å². The van der Waals surface area contributed by atoms with Crippen molar-refractivity contribution in [1.29, 1.82) is 0 Å². The molecule has 94 valence electrons. The van der Waals surface area contributed by atoms with E-state index in [0.29, 0.717) is 6.04 Å². The van der Waals surface area contributed by atoms with Crippen molar-refractivity contribution in [3.8, 4) is 5.75 Å². The Morgan fingerprint density at radius 2 is 2.35 bits per heavy atom. The molecule has 1 atom stereocenters. The van der Waals surface area contributed by atoms with Gasteiger partial charge in [-0.15, -0.1) is 0 Å². The number of nitrogens with two attached hydrogens (primary N) is 1. The predicted molar refractivity (Wildman–Crippen MR) is 70.5 cm³/mol. The molecule has 0 spiro atoms. The number of nitrogens with zero attached hydrogens (tertiary/aromatic N) is 1. The number of benzene rings is 1. The van der Waals surface area contributed by atoms with Crippen molar-refractivity contribution in [3.05, 3.63) is 28.8 Å². The molecule has 17 heavy (non-hydrogen) atoms. The molecule has 1 aliphatic rings. The number of piperidine rings is 1. The van der Waals surface area contributed by atoms with Crippen LogP contribution in [0, 0.1) is 0 Å². The van der Waals surface area contributed by atoms with Gasteiger partial charge in [0, 0.05) is 24.2 Å². The molecule has 0 unspecified atom stereocenters. The Labute approximate surface area is 107 Å². The van der Waals surface area contributed by atoms with Crippen LogP contribution < -0.4 is 10.5 Å². The van der Waals surface area contributed by atoms with Crippen LogP contribution in [0.3, 0.4) is 0 Å². The maximum absolute atomic E-state index is 6.20. The molecular weight excluding hydrogens is 236 g/mol. The minimum atomic E-state index is 0.299. The van der Waals surface area contributed by atoms with E-state index in [4.69, 9.17) is 22.1 Å². The quantitative estimate of drug-likeness (QED) is 0.899. The fraction of sp³-hybridized carbons (Fsp3) is 0.538. The van der Waals surface area contributed by atoms with Crippen molar-refractivity contribution in [1.82, 2.24) is 4.90 Å². The van der Waals surface area contributed by atoms with Crippen LogP contribution in [-0.2, 0) is 6.54 Å². The molecule has 0 amide bonds. The Hall–Kier alpha value is -0.770. The van der Waals surface area contributed by atoms with Crippen molar-refractivity contribution < 1.29 is 4.74 Å². The van der Waals surface area contributed by atoms with Gasteiger partial charge in [0.1, 0.15) is 5.75 Å². The summed E-state index contributed by atoms with van der Waals surface area (Å²) < 4.78 is 5.22.